The Kier molecular flexibility index (Phi) is 3.99. The summed E-state index contributed by atoms with van der Waals surface area (Å²) >= 11 is 1.31. The van der Waals surface area contributed by atoms with Crippen molar-refractivity contribution < 1.29 is 8.42 Å². The van der Waals surface area contributed by atoms with Crippen LogP contribution in [0.2, 0.25) is 0 Å². The second-order valence-electron chi connectivity index (χ2n) is 5.67. The number of piperazine rings is 1. The van der Waals surface area contributed by atoms with Crippen molar-refractivity contribution in [3.05, 3.63) is 48.7 Å². The lowest BCUT2D eigenvalue weighted by atomic mass is 10.2. The zero-order chi connectivity index (χ0) is 16.6. The van der Waals surface area contributed by atoms with Gasteiger partial charge in [0.25, 0.3) is 0 Å². The van der Waals surface area contributed by atoms with Gasteiger partial charge in [-0.2, -0.15) is 0 Å². The second kappa shape index (κ2) is 6.16. The third-order valence-corrected chi connectivity index (χ3v) is 7.48. The molecule has 7 heteroatoms. The lowest BCUT2D eigenvalue weighted by Crippen LogP contribution is -2.43. The fourth-order valence-corrected chi connectivity index (χ4v) is 5.70. The van der Waals surface area contributed by atoms with Gasteiger partial charge in [-0.3, -0.25) is 0 Å². The molecule has 0 atom stereocenters. The van der Waals surface area contributed by atoms with E-state index in [-0.39, 0.29) is 0 Å². The molecule has 3 aromatic rings. The Hall–Kier alpha value is -1.96. The number of aromatic nitrogens is 1. The molecule has 0 saturated carbocycles. The molecule has 1 N–H and O–H groups in total. The monoisotopic (exact) mass is 359 g/mol. The quantitative estimate of drug-likeness (QED) is 0.779. The number of nitrogens with one attached hydrogen (secondary N) is 1. The molecule has 0 spiro atoms. The predicted octanol–water partition coefficient (Wildman–Crippen LogP) is 2.54. The summed E-state index contributed by atoms with van der Waals surface area (Å²) in [6, 6.07) is 12.2. The molecular weight excluding hydrogens is 342 g/mol. The Morgan fingerprint density at radius 3 is 2.58 bits per heavy atom. The van der Waals surface area contributed by atoms with Gasteiger partial charge < -0.3 is 10.2 Å². The Morgan fingerprint density at radius 2 is 1.83 bits per heavy atom. The summed E-state index contributed by atoms with van der Waals surface area (Å²) in [6.07, 6.45) is 1.76. The van der Waals surface area contributed by atoms with Crippen LogP contribution in [0.4, 0.5) is 5.82 Å². The van der Waals surface area contributed by atoms with E-state index in [1.165, 1.54) is 11.3 Å². The van der Waals surface area contributed by atoms with E-state index in [0.29, 0.717) is 9.10 Å². The number of hydrogen-bond donors (Lipinski definition) is 1. The number of hydrogen-bond acceptors (Lipinski definition) is 6. The first-order valence-corrected chi connectivity index (χ1v) is 10.1. The highest BCUT2D eigenvalue weighted by Gasteiger charge is 2.23. The largest absolute Gasteiger partial charge is 0.354 e. The molecule has 0 aliphatic carbocycles. The average Bonchev–Trinajstić information content (AvgIpc) is 3.08. The van der Waals surface area contributed by atoms with Gasteiger partial charge in [0.15, 0.2) is 0 Å². The van der Waals surface area contributed by atoms with Gasteiger partial charge in [0, 0.05) is 42.5 Å². The SMILES string of the molecule is O=S(=O)(c1ccccc1)c1cc2c(N3CCNCC3)nccc2s1. The van der Waals surface area contributed by atoms with E-state index in [4.69, 9.17) is 0 Å². The maximum atomic E-state index is 12.9. The topological polar surface area (TPSA) is 62.3 Å². The minimum atomic E-state index is -3.49. The third-order valence-electron chi connectivity index (χ3n) is 4.14. The highest BCUT2D eigenvalue weighted by Crippen LogP contribution is 2.36. The van der Waals surface area contributed by atoms with Crippen LogP contribution in [0.25, 0.3) is 10.1 Å². The molecule has 0 amide bonds. The van der Waals surface area contributed by atoms with E-state index in [0.717, 1.165) is 42.1 Å². The molecule has 3 heterocycles. The molecule has 1 saturated heterocycles. The summed E-state index contributed by atoms with van der Waals surface area (Å²) in [5, 5.41) is 4.24. The van der Waals surface area contributed by atoms with E-state index in [2.05, 4.69) is 15.2 Å². The first kappa shape index (κ1) is 15.6. The van der Waals surface area contributed by atoms with Gasteiger partial charge >= 0.3 is 0 Å². The minimum absolute atomic E-state index is 0.327. The van der Waals surface area contributed by atoms with Crippen molar-refractivity contribution in [2.75, 3.05) is 31.1 Å². The third kappa shape index (κ3) is 2.68. The number of rotatable bonds is 3. The Morgan fingerprint density at radius 1 is 1.08 bits per heavy atom. The highest BCUT2D eigenvalue weighted by atomic mass is 32.2. The molecule has 1 fully saturated rings. The standard InChI is InChI=1S/C17H17N3O2S2/c21-24(22,13-4-2-1-3-5-13)16-12-14-15(23-16)6-7-19-17(14)20-10-8-18-9-11-20/h1-7,12,18H,8-11H2. The Bertz CT molecular complexity index is 962. The van der Waals surface area contributed by atoms with Crippen LogP contribution in [-0.2, 0) is 9.84 Å². The summed E-state index contributed by atoms with van der Waals surface area (Å²) in [6.45, 7) is 3.58. The van der Waals surface area contributed by atoms with Crippen LogP contribution in [0, 0.1) is 0 Å². The van der Waals surface area contributed by atoms with Crippen LogP contribution in [0.5, 0.6) is 0 Å². The van der Waals surface area contributed by atoms with Crippen LogP contribution < -0.4 is 10.2 Å². The smallest absolute Gasteiger partial charge is 0.215 e. The maximum Gasteiger partial charge on any atom is 0.215 e. The number of fused-ring (bicyclic) bond motifs is 1. The highest BCUT2D eigenvalue weighted by molar-refractivity contribution is 7.93. The van der Waals surface area contributed by atoms with Crippen molar-refractivity contribution in [1.29, 1.82) is 0 Å². The number of anilines is 1. The summed E-state index contributed by atoms with van der Waals surface area (Å²) in [7, 11) is -3.49. The van der Waals surface area contributed by atoms with Crippen molar-refractivity contribution in [2.24, 2.45) is 0 Å². The molecule has 5 nitrogen and oxygen atoms in total. The summed E-state index contributed by atoms with van der Waals surface area (Å²) in [4.78, 5) is 7.05. The van der Waals surface area contributed by atoms with Gasteiger partial charge in [0.05, 0.1) is 4.90 Å². The van der Waals surface area contributed by atoms with E-state index < -0.39 is 9.84 Å². The molecule has 4 rings (SSSR count). The number of benzene rings is 1. The number of nitrogens with zero attached hydrogens (tertiary/aromatic N) is 2. The van der Waals surface area contributed by atoms with E-state index >= 15 is 0 Å². The Labute approximate surface area is 144 Å². The van der Waals surface area contributed by atoms with Gasteiger partial charge in [-0.15, -0.1) is 11.3 Å². The lowest BCUT2D eigenvalue weighted by Gasteiger charge is -2.28. The molecule has 1 aromatic carbocycles. The zero-order valence-electron chi connectivity index (χ0n) is 13.0. The lowest BCUT2D eigenvalue weighted by molar-refractivity contribution is 0.586. The van der Waals surface area contributed by atoms with E-state index in [1.54, 1.807) is 36.5 Å². The van der Waals surface area contributed by atoms with Crippen LogP contribution >= 0.6 is 11.3 Å². The summed E-state index contributed by atoms with van der Waals surface area (Å²) in [5.41, 5.74) is 0. The fourth-order valence-electron chi connectivity index (χ4n) is 2.90. The Balaban J connectivity index is 1.81. The second-order valence-corrected chi connectivity index (χ2v) is 8.93. The van der Waals surface area contributed by atoms with E-state index in [9.17, 15) is 8.42 Å². The van der Waals surface area contributed by atoms with Crippen molar-refractivity contribution in [3.63, 3.8) is 0 Å². The van der Waals surface area contributed by atoms with Crippen LogP contribution in [0.1, 0.15) is 0 Å². The zero-order valence-corrected chi connectivity index (χ0v) is 14.6. The summed E-state index contributed by atoms with van der Waals surface area (Å²) < 4.78 is 27.0. The van der Waals surface area contributed by atoms with Gasteiger partial charge in [-0.25, -0.2) is 13.4 Å². The van der Waals surface area contributed by atoms with Crippen LogP contribution in [0.15, 0.2) is 57.8 Å². The number of pyridine rings is 1. The number of thiophene rings is 1. The molecule has 24 heavy (non-hydrogen) atoms. The van der Waals surface area contributed by atoms with Crippen LogP contribution in [0.3, 0.4) is 0 Å². The normalized spacial score (nSPS) is 15.8. The number of sulfone groups is 1. The molecule has 124 valence electrons. The minimum Gasteiger partial charge on any atom is -0.354 e. The molecule has 0 unspecified atom stereocenters. The average molecular weight is 359 g/mol. The summed E-state index contributed by atoms with van der Waals surface area (Å²) in [5.74, 6) is 0.875. The van der Waals surface area contributed by atoms with Crippen molar-refractivity contribution >= 4 is 37.1 Å². The predicted molar refractivity (Wildman–Crippen MR) is 96.6 cm³/mol. The van der Waals surface area contributed by atoms with Crippen molar-refractivity contribution in [3.8, 4) is 0 Å². The van der Waals surface area contributed by atoms with E-state index in [1.807, 2.05) is 12.1 Å². The van der Waals surface area contributed by atoms with Gasteiger partial charge in [0.1, 0.15) is 10.0 Å². The first-order valence-electron chi connectivity index (χ1n) is 7.80. The van der Waals surface area contributed by atoms with Crippen molar-refractivity contribution in [2.45, 2.75) is 9.10 Å². The molecule has 1 aliphatic rings. The molecule has 0 bridgehead atoms. The first-order chi connectivity index (χ1) is 11.7. The van der Waals surface area contributed by atoms with Crippen LogP contribution in [-0.4, -0.2) is 39.6 Å². The molecule has 0 radical (unpaired) electrons. The van der Waals surface area contributed by atoms with Crippen molar-refractivity contribution in [1.82, 2.24) is 10.3 Å². The van der Waals surface area contributed by atoms with Gasteiger partial charge in [-0.05, 0) is 24.3 Å². The molecule has 1 aliphatic heterocycles. The van der Waals surface area contributed by atoms with Gasteiger partial charge in [-0.1, -0.05) is 18.2 Å². The maximum absolute atomic E-state index is 12.9. The fraction of sp³-hybridized carbons (Fsp3) is 0.235. The van der Waals surface area contributed by atoms with Gasteiger partial charge in [0.2, 0.25) is 9.84 Å². The molecular formula is C17H17N3O2S2. The molecule has 2 aromatic heterocycles.